The molecule has 9 N–H and O–H groups in total. The summed E-state index contributed by atoms with van der Waals surface area (Å²) in [5.41, 5.74) is 0. The van der Waals surface area contributed by atoms with Crippen LogP contribution in [0.4, 0.5) is 0 Å². The Morgan fingerprint density at radius 3 is 1.33 bits per heavy atom. The fourth-order valence-corrected chi connectivity index (χ4v) is 7.83. The number of rotatable bonds is 20. The number of hydrogen-bond acceptors (Lipinski definition) is 11. The first-order valence-corrected chi connectivity index (χ1v) is 24.9. The summed E-state index contributed by atoms with van der Waals surface area (Å²) in [5.74, 6) is -10.7. The maximum absolute atomic E-state index is 14.1. The maximum Gasteiger partial charge on any atom is 0.329 e. The number of ether oxygens (including phenoxy) is 1. The van der Waals surface area contributed by atoms with E-state index in [-0.39, 0.29) is 49.9 Å². The molecule has 4 unspecified atom stereocenters. The number of carboxylic acid groups (broad SMARTS) is 2. The number of carbonyl (C=O) groups excluding carboxylic acids is 8. The molecule has 0 saturated carbocycles. The van der Waals surface area contributed by atoms with Crippen molar-refractivity contribution in [2.75, 3.05) is 0 Å². The average Bonchev–Trinajstić information content (AvgIpc) is 3.21. The van der Waals surface area contributed by atoms with E-state index in [0.717, 1.165) is 25.7 Å². The van der Waals surface area contributed by atoms with Gasteiger partial charge >= 0.3 is 17.9 Å². The lowest BCUT2D eigenvalue weighted by Crippen LogP contribution is -2.61. The Morgan fingerprint density at radius 1 is 0.478 bits per heavy atom. The highest BCUT2D eigenvalue weighted by atomic mass is 16.5. The van der Waals surface area contributed by atoms with Crippen molar-refractivity contribution in [2.45, 2.75) is 215 Å². The van der Waals surface area contributed by atoms with E-state index in [1.807, 2.05) is 0 Å². The van der Waals surface area contributed by atoms with Crippen LogP contribution in [0, 0.1) is 35.5 Å². The van der Waals surface area contributed by atoms with E-state index in [2.05, 4.69) is 51.1 Å². The van der Waals surface area contributed by atoms with E-state index >= 15 is 0 Å². The SMILES string of the molecule is CC(C)CCCCCCC1CC(=O)N[C@@H](CCC(=O)O)C(=O)NC(CC(C)C)C(=O)N[C@H](CC(C)C)C(=O)N[C@@H](C(C)C)C(=O)NC(CC(=O)O)C(=O)N[C@H](CC(C)C)C(=O)NC(C(C)C)C(=O)O1. The Balaban J connectivity index is 3.98. The molecule has 69 heavy (non-hydrogen) atoms. The van der Waals surface area contributed by atoms with Gasteiger partial charge in [0.25, 0.3) is 0 Å². The summed E-state index contributed by atoms with van der Waals surface area (Å²) in [4.78, 5) is 136. The van der Waals surface area contributed by atoms with Crippen molar-refractivity contribution in [3.63, 3.8) is 0 Å². The lowest BCUT2D eigenvalue weighted by atomic mass is 9.98. The Hall–Kier alpha value is -5.30. The molecule has 20 nitrogen and oxygen atoms in total. The minimum absolute atomic E-state index is 0.0348. The van der Waals surface area contributed by atoms with Crippen molar-refractivity contribution in [1.29, 1.82) is 0 Å². The van der Waals surface area contributed by atoms with Gasteiger partial charge in [-0.25, -0.2) is 4.79 Å². The topological polar surface area (TPSA) is 305 Å². The van der Waals surface area contributed by atoms with Crippen LogP contribution in [0.15, 0.2) is 0 Å². The van der Waals surface area contributed by atoms with Gasteiger partial charge in [0.15, 0.2) is 0 Å². The quantitative estimate of drug-likeness (QED) is 0.0625. The minimum Gasteiger partial charge on any atom is -0.481 e. The summed E-state index contributed by atoms with van der Waals surface area (Å²) < 4.78 is 5.96. The first-order chi connectivity index (χ1) is 32.1. The highest BCUT2D eigenvalue weighted by Gasteiger charge is 2.37. The Bertz CT molecular complexity index is 1730. The third-order valence-electron chi connectivity index (χ3n) is 11.5. The van der Waals surface area contributed by atoms with Crippen LogP contribution in [0.5, 0.6) is 0 Å². The molecule has 1 aliphatic heterocycles. The fraction of sp³-hybridized carbons (Fsp3) is 0.796. The smallest absolute Gasteiger partial charge is 0.329 e. The fourth-order valence-electron chi connectivity index (χ4n) is 7.83. The van der Waals surface area contributed by atoms with Gasteiger partial charge < -0.3 is 52.2 Å². The summed E-state index contributed by atoms with van der Waals surface area (Å²) in [5, 5.41) is 37.6. The van der Waals surface area contributed by atoms with Gasteiger partial charge in [-0.1, -0.05) is 109 Å². The van der Waals surface area contributed by atoms with Gasteiger partial charge in [0.2, 0.25) is 41.4 Å². The highest BCUT2D eigenvalue weighted by Crippen LogP contribution is 2.18. The molecule has 0 aliphatic carbocycles. The molecule has 1 rings (SSSR count). The highest BCUT2D eigenvalue weighted by molar-refractivity contribution is 5.98. The van der Waals surface area contributed by atoms with Crippen LogP contribution in [0.25, 0.3) is 0 Å². The van der Waals surface area contributed by atoms with Crippen molar-refractivity contribution in [3.05, 3.63) is 0 Å². The summed E-state index contributed by atoms with van der Waals surface area (Å²) in [7, 11) is 0. The average molecular weight is 980 g/mol. The number of amides is 7. The second-order valence-electron chi connectivity index (χ2n) is 20.9. The normalized spacial score (nSPS) is 24.7. The molecule has 0 aromatic rings. The van der Waals surface area contributed by atoms with Gasteiger partial charge in [0.1, 0.15) is 48.4 Å². The molecular formula is C49H85N7O13. The number of hydrogen-bond donors (Lipinski definition) is 9. The molecule has 20 heteroatoms. The molecule has 7 amide bonds. The molecule has 1 aliphatic rings. The second-order valence-corrected chi connectivity index (χ2v) is 20.9. The van der Waals surface area contributed by atoms with E-state index in [4.69, 9.17) is 4.74 Å². The largest absolute Gasteiger partial charge is 0.481 e. The number of carbonyl (C=O) groups is 10. The van der Waals surface area contributed by atoms with Crippen LogP contribution in [-0.4, -0.2) is 118 Å². The minimum atomic E-state index is -1.72. The lowest BCUT2D eigenvalue weighted by molar-refractivity contribution is -0.156. The van der Waals surface area contributed by atoms with Gasteiger partial charge in [-0.15, -0.1) is 0 Å². The molecule has 0 spiro atoms. The van der Waals surface area contributed by atoms with Crippen molar-refractivity contribution >= 4 is 59.3 Å². The molecule has 1 saturated heterocycles. The standard InChI is InChI=1S/C49H85N7O13/c1-26(2)17-15-13-14-16-18-32-24-38(57)50-33(19-20-39(58)59)43(62)51-34(21-27(3)4)44(63)52-35(22-28(5)6)46(65)55-41(30(9)10)48(67)54-37(25-40(60)61)45(64)53-36(23-29(7)8)47(66)56-42(31(11)12)49(68)69-32/h26-37,41-42H,13-25H2,1-12H3,(H,50,57)(H,51,62)(H,52,63)(H,53,64)(H,54,67)(H,55,65)(H,56,66)(H,58,59)(H,60,61)/t32?,33-,34?,35+,36+,37?,41-,42?/m0/s1. The molecular weight excluding hydrogens is 895 g/mol. The number of carboxylic acids is 2. The predicted molar refractivity (Wildman–Crippen MR) is 258 cm³/mol. The zero-order valence-electron chi connectivity index (χ0n) is 43.2. The van der Waals surface area contributed by atoms with Gasteiger partial charge in [-0.3, -0.25) is 43.2 Å². The zero-order valence-corrected chi connectivity index (χ0v) is 43.2. The van der Waals surface area contributed by atoms with E-state index in [1.165, 1.54) is 0 Å². The number of nitrogens with one attached hydrogen (secondary N) is 7. The van der Waals surface area contributed by atoms with Crippen molar-refractivity contribution in [3.8, 4) is 0 Å². The van der Waals surface area contributed by atoms with Gasteiger partial charge in [0, 0.05) is 6.42 Å². The number of esters is 1. The summed E-state index contributed by atoms with van der Waals surface area (Å²) in [6.45, 7) is 21.5. The van der Waals surface area contributed by atoms with Crippen molar-refractivity contribution in [1.82, 2.24) is 37.2 Å². The number of cyclic esters (lactones) is 1. The van der Waals surface area contributed by atoms with Gasteiger partial charge in [-0.05, 0) is 74.0 Å². The summed E-state index contributed by atoms with van der Waals surface area (Å²) in [6, 6.07) is -9.67. The monoisotopic (exact) mass is 980 g/mol. The summed E-state index contributed by atoms with van der Waals surface area (Å²) in [6.07, 6.45) is 1.34. The third-order valence-corrected chi connectivity index (χ3v) is 11.5. The number of aliphatic carboxylic acids is 2. The van der Waals surface area contributed by atoms with E-state index in [9.17, 15) is 58.2 Å². The van der Waals surface area contributed by atoms with Crippen LogP contribution in [-0.2, 0) is 52.7 Å². The predicted octanol–water partition coefficient (Wildman–Crippen LogP) is 3.48. The van der Waals surface area contributed by atoms with Gasteiger partial charge in [-0.2, -0.15) is 0 Å². The van der Waals surface area contributed by atoms with Crippen LogP contribution in [0.2, 0.25) is 0 Å². The van der Waals surface area contributed by atoms with E-state index < -0.39 is 139 Å². The van der Waals surface area contributed by atoms with Crippen LogP contribution >= 0.6 is 0 Å². The number of unbranched alkanes of at least 4 members (excludes halogenated alkanes) is 3. The zero-order chi connectivity index (χ0) is 52.7. The lowest BCUT2D eigenvalue weighted by Gasteiger charge is -2.29. The summed E-state index contributed by atoms with van der Waals surface area (Å²) >= 11 is 0. The Kier molecular flexibility index (Phi) is 27.8. The Morgan fingerprint density at radius 2 is 0.899 bits per heavy atom. The van der Waals surface area contributed by atoms with Crippen molar-refractivity contribution in [2.24, 2.45) is 35.5 Å². The molecule has 394 valence electrons. The van der Waals surface area contributed by atoms with Gasteiger partial charge in [0.05, 0.1) is 12.8 Å². The first kappa shape index (κ1) is 61.7. The third kappa shape index (κ3) is 24.7. The molecule has 1 heterocycles. The molecule has 0 bridgehead atoms. The molecule has 8 atom stereocenters. The van der Waals surface area contributed by atoms with E-state index in [0.29, 0.717) is 12.3 Å². The van der Waals surface area contributed by atoms with Crippen molar-refractivity contribution < 1.29 is 62.9 Å². The van der Waals surface area contributed by atoms with Crippen LogP contribution in [0.1, 0.15) is 167 Å². The maximum atomic E-state index is 14.1. The second kappa shape index (κ2) is 31.0. The van der Waals surface area contributed by atoms with Crippen LogP contribution in [0.3, 0.4) is 0 Å². The Labute approximate surface area is 408 Å². The molecule has 1 fully saturated rings. The first-order valence-electron chi connectivity index (χ1n) is 24.9. The molecule has 0 aromatic carbocycles. The molecule has 0 radical (unpaired) electrons. The van der Waals surface area contributed by atoms with E-state index in [1.54, 1.807) is 69.2 Å². The van der Waals surface area contributed by atoms with Crippen LogP contribution < -0.4 is 37.2 Å². The molecule has 0 aromatic heterocycles.